The number of hydrogen-bond donors (Lipinski definition) is 1. The quantitative estimate of drug-likeness (QED) is 0.454. The molecule has 0 spiro atoms. The lowest BCUT2D eigenvalue weighted by molar-refractivity contribution is 0.630. The van der Waals surface area contributed by atoms with E-state index in [0.717, 1.165) is 11.4 Å². The first kappa shape index (κ1) is 18.8. The highest BCUT2D eigenvalue weighted by Gasteiger charge is 2.20. The summed E-state index contributed by atoms with van der Waals surface area (Å²) in [5, 5.41) is 6.77. The standard InChI is InChI=1S/C20H16Cl2N4OS/c1-12-18(19(27)26(25(12)2)14-6-4-3-5-7-14)17-11-28-20(24-17)23-16-9-8-13(21)10-15(16)22/h3-11H,1-2H3,(H,23,24). The number of aromatic nitrogens is 3. The SMILES string of the molecule is Cc1c(-c2csc(Nc3ccc(Cl)cc3Cl)n2)c(=O)n(-c2ccccc2)n1C. The van der Waals surface area contributed by atoms with Gasteiger partial charge in [0.25, 0.3) is 5.56 Å². The van der Waals surface area contributed by atoms with Crippen molar-refractivity contribution < 1.29 is 0 Å². The third-order valence-corrected chi connectivity index (χ3v) is 5.79. The summed E-state index contributed by atoms with van der Waals surface area (Å²) in [4.78, 5) is 17.7. The van der Waals surface area contributed by atoms with Crippen LogP contribution in [-0.4, -0.2) is 14.3 Å². The first-order valence-electron chi connectivity index (χ1n) is 8.47. The maximum absolute atomic E-state index is 13.1. The van der Waals surface area contributed by atoms with E-state index in [1.54, 1.807) is 22.9 Å². The Hall–Kier alpha value is -2.54. The molecule has 4 aromatic rings. The van der Waals surface area contributed by atoms with Crippen LogP contribution in [0.5, 0.6) is 0 Å². The molecule has 0 saturated heterocycles. The Labute approximate surface area is 175 Å². The molecule has 0 unspecified atom stereocenters. The van der Waals surface area contributed by atoms with Crippen LogP contribution in [0.3, 0.4) is 0 Å². The van der Waals surface area contributed by atoms with E-state index in [0.29, 0.717) is 32.1 Å². The number of nitrogens with one attached hydrogen (secondary N) is 1. The number of nitrogens with zero attached hydrogens (tertiary/aromatic N) is 3. The van der Waals surface area contributed by atoms with Gasteiger partial charge in [0.1, 0.15) is 0 Å². The minimum Gasteiger partial charge on any atom is -0.330 e. The first-order chi connectivity index (χ1) is 13.5. The Morgan fingerprint density at radius 1 is 1.11 bits per heavy atom. The average molecular weight is 431 g/mol. The summed E-state index contributed by atoms with van der Waals surface area (Å²) in [5.74, 6) is 0. The lowest BCUT2D eigenvalue weighted by atomic mass is 10.2. The van der Waals surface area contributed by atoms with Gasteiger partial charge in [-0.15, -0.1) is 11.3 Å². The predicted octanol–water partition coefficient (Wildman–Crippen LogP) is 5.66. The van der Waals surface area contributed by atoms with Gasteiger partial charge in [0.2, 0.25) is 0 Å². The molecule has 2 aromatic carbocycles. The van der Waals surface area contributed by atoms with E-state index in [4.69, 9.17) is 23.2 Å². The van der Waals surface area contributed by atoms with Crippen LogP contribution in [0.2, 0.25) is 10.0 Å². The minimum absolute atomic E-state index is 0.104. The average Bonchev–Trinajstić information content (AvgIpc) is 3.21. The van der Waals surface area contributed by atoms with E-state index in [9.17, 15) is 4.79 Å². The molecule has 2 aromatic heterocycles. The molecule has 5 nitrogen and oxygen atoms in total. The highest BCUT2D eigenvalue weighted by atomic mass is 35.5. The van der Waals surface area contributed by atoms with Crippen molar-refractivity contribution in [2.45, 2.75) is 6.92 Å². The molecule has 0 aliphatic carbocycles. The summed E-state index contributed by atoms with van der Waals surface area (Å²) in [7, 11) is 1.87. The maximum atomic E-state index is 13.1. The zero-order chi connectivity index (χ0) is 19.8. The molecule has 2 heterocycles. The Balaban J connectivity index is 1.72. The fourth-order valence-electron chi connectivity index (χ4n) is 3.02. The van der Waals surface area contributed by atoms with E-state index in [1.807, 2.05) is 54.4 Å². The van der Waals surface area contributed by atoms with Crippen LogP contribution in [0.15, 0.2) is 58.7 Å². The lowest BCUT2D eigenvalue weighted by Gasteiger charge is -2.07. The van der Waals surface area contributed by atoms with Gasteiger partial charge in [0.05, 0.1) is 27.7 Å². The van der Waals surface area contributed by atoms with E-state index in [-0.39, 0.29) is 5.56 Å². The second-order valence-electron chi connectivity index (χ2n) is 6.22. The van der Waals surface area contributed by atoms with Gasteiger partial charge in [-0.3, -0.25) is 9.48 Å². The highest BCUT2D eigenvalue weighted by molar-refractivity contribution is 7.14. The third kappa shape index (κ3) is 3.35. The predicted molar refractivity (Wildman–Crippen MR) is 117 cm³/mol. The van der Waals surface area contributed by atoms with Crippen molar-refractivity contribution in [2.75, 3.05) is 5.32 Å². The van der Waals surface area contributed by atoms with Gasteiger partial charge in [0, 0.05) is 23.1 Å². The number of halogens is 2. The van der Waals surface area contributed by atoms with E-state index in [2.05, 4.69) is 10.3 Å². The van der Waals surface area contributed by atoms with Gasteiger partial charge in [-0.05, 0) is 37.3 Å². The van der Waals surface area contributed by atoms with Crippen LogP contribution in [0, 0.1) is 6.92 Å². The molecule has 1 N–H and O–H groups in total. The van der Waals surface area contributed by atoms with Crippen LogP contribution in [0.4, 0.5) is 10.8 Å². The number of hydrogen-bond acceptors (Lipinski definition) is 4. The summed E-state index contributed by atoms with van der Waals surface area (Å²) in [5.41, 5.74) is 3.47. The molecule has 0 aliphatic rings. The molecule has 8 heteroatoms. The van der Waals surface area contributed by atoms with Crippen LogP contribution < -0.4 is 10.9 Å². The summed E-state index contributed by atoms with van der Waals surface area (Å²) < 4.78 is 3.49. The van der Waals surface area contributed by atoms with Crippen molar-refractivity contribution in [3.8, 4) is 16.9 Å². The third-order valence-electron chi connectivity index (χ3n) is 4.49. The van der Waals surface area contributed by atoms with Crippen LogP contribution in [-0.2, 0) is 7.05 Å². The molecule has 142 valence electrons. The van der Waals surface area contributed by atoms with Crippen molar-refractivity contribution in [3.05, 3.63) is 80.0 Å². The molecule has 0 aliphatic heterocycles. The van der Waals surface area contributed by atoms with Crippen molar-refractivity contribution in [1.82, 2.24) is 14.3 Å². The second-order valence-corrected chi connectivity index (χ2v) is 7.93. The van der Waals surface area contributed by atoms with Crippen molar-refractivity contribution >= 4 is 45.4 Å². The smallest absolute Gasteiger partial charge is 0.281 e. The Morgan fingerprint density at radius 3 is 2.57 bits per heavy atom. The first-order valence-corrected chi connectivity index (χ1v) is 10.1. The largest absolute Gasteiger partial charge is 0.330 e. The van der Waals surface area contributed by atoms with Crippen LogP contribution >= 0.6 is 34.5 Å². The molecule has 4 rings (SSSR count). The zero-order valence-corrected chi connectivity index (χ0v) is 17.4. The minimum atomic E-state index is -0.104. The number of rotatable bonds is 4. The number of benzene rings is 2. The van der Waals surface area contributed by atoms with E-state index >= 15 is 0 Å². The Morgan fingerprint density at radius 2 is 1.86 bits per heavy atom. The Kier molecular flexibility index (Phi) is 5.02. The second kappa shape index (κ2) is 7.47. The number of anilines is 2. The highest BCUT2D eigenvalue weighted by Crippen LogP contribution is 2.32. The van der Waals surface area contributed by atoms with Gasteiger partial charge in [0.15, 0.2) is 5.13 Å². The Bertz CT molecular complexity index is 1210. The van der Waals surface area contributed by atoms with Gasteiger partial charge in [-0.25, -0.2) is 9.67 Å². The summed E-state index contributed by atoms with van der Waals surface area (Å²) in [6.07, 6.45) is 0. The lowest BCUT2D eigenvalue weighted by Crippen LogP contribution is -2.20. The molecule has 0 atom stereocenters. The van der Waals surface area contributed by atoms with E-state index in [1.165, 1.54) is 11.3 Å². The monoisotopic (exact) mass is 430 g/mol. The fraction of sp³-hybridized carbons (Fsp3) is 0.100. The van der Waals surface area contributed by atoms with Crippen molar-refractivity contribution in [1.29, 1.82) is 0 Å². The maximum Gasteiger partial charge on any atom is 0.281 e. The van der Waals surface area contributed by atoms with Crippen LogP contribution in [0.25, 0.3) is 16.9 Å². The normalized spacial score (nSPS) is 11.0. The van der Waals surface area contributed by atoms with E-state index < -0.39 is 0 Å². The van der Waals surface area contributed by atoms with Gasteiger partial charge in [-0.2, -0.15) is 0 Å². The number of thiazole rings is 1. The topological polar surface area (TPSA) is 51.9 Å². The number of para-hydroxylation sites is 1. The van der Waals surface area contributed by atoms with Crippen molar-refractivity contribution in [3.63, 3.8) is 0 Å². The van der Waals surface area contributed by atoms with Crippen LogP contribution in [0.1, 0.15) is 5.69 Å². The van der Waals surface area contributed by atoms with Crippen molar-refractivity contribution in [2.24, 2.45) is 7.05 Å². The van der Waals surface area contributed by atoms with Gasteiger partial charge >= 0.3 is 0 Å². The molecule has 0 fully saturated rings. The molecular formula is C20H16Cl2N4OS. The summed E-state index contributed by atoms with van der Waals surface area (Å²) >= 11 is 13.6. The summed E-state index contributed by atoms with van der Waals surface area (Å²) in [6.45, 7) is 1.92. The fourth-order valence-corrected chi connectivity index (χ4v) is 4.18. The molecule has 0 radical (unpaired) electrons. The summed E-state index contributed by atoms with van der Waals surface area (Å²) in [6, 6.07) is 14.8. The molecular weight excluding hydrogens is 415 g/mol. The zero-order valence-electron chi connectivity index (χ0n) is 15.1. The van der Waals surface area contributed by atoms with Gasteiger partial charge in [-0.1, -0.05) is 41.4 Å². The molecule has 0 amide bonds. The molecule has 28 heavy (non-hydrogen) atoms. The molecule has 0 bridgehead atoms. The molecule has 0 saturated carbocycles. The van der Waals surface area contributed by atoms with Gasteiger partial charge < -0.3 is 5.32 Å².